The molecular formula is C17H23NO5. The molecule has 126 valence electrons. The van der Waals surface area contributed by atoms with Gasteiger partial charge in [-0.1, -0.05) is 18.2 Å². The highest BCUT2D eigenvalue weighted by Crippen LogP contribution is 2.53. The van der Waals surface area contributed by atoms with Crippen molar-refractivity contribution in [3.05, 3.63) is 29.8 Å². The van der Waals surface area contributed by atoms with Gasteiger partial charge in [0.15, 0.2) is 6.10 Å². The van der Waals surface area contributed by atoms with Crippen molar-refractivity contribution in [2.75, 3.05) is 12.4 Å². The number of hydrogen-bond acceptors (Lipinski definition) is 5. The van der Waals surface area contributed by atoms with E-state index < -0.39 is 29.2 Å². The number of anilines is 1. The number of carbonyl (C=O) groups excluding carboxylic acids is 2. The zero-order valence-electron chi connectivity index (χ0n) is 13.9. The maximum atomic E-state index is 12.0. The molecule has 1 atom stereocenters. The monoisotopic (exact) mass is 321 g/mol. The molecule has 6 nitrogen and oxygen atoms in total. The van der Waals surface area contributed by atoms with Crippen molar-refractivity contribution in [2.24, 2.45) is 0 Å². The number of hydrogen-bond donors (Lipinski definition) is 2. The summed E-state index contributed by atoms with van der Waals surface area (Å²) in [5.41, 5.74) is -0.0773. The third-order valence-electron chi connectivity index (χ3n) is 3.84. The van der Waals surface area contributed by atoms with Gasteiger partial charge in [-0.25, -0.2) is 9.59 Å². The second-order valence-corrected chi connectivity index (χ2v) is 6.75. The molecule has 1 aromatic carbocycles. The fourth-order valence-electron chi connectivity index (χ4n) is 2.60. The first-order valence-corrected chi connectivity index (χ1v) is 7.55. The molecule has 1 aliphatic rings. The molecule has 0 aromatic heterocycles. The summed E-state index contributed by atoms with van der Waals surface area (Å²) in [5, 5.41) is 13.0. The molecule has 1 fully saturated rings. The lowest BCUT2D eigenvalue weighted by Crippen LogP contribution is -2.36. The lowest BCUT2D eigenvalue weighted by molar-refractivity contribution is -0.152. The molecule has 1 unspecified atom stereocenters. The Kier molecular flexibility index (Phi) is 4.66. The molecule has 2 rings (SSSR count). The number of amides is 1. The Morgan fingerprint density at radius 2 is 1.87 bits per heavy atom. The van der Waals surface area contributed by atoms with Gasteiger partial charge in [-0.3, -0.25) is 5.32 Å². The summed E-state index contributed by atoms with van der Waals surface area (Å²) in [6, 6.07) is 7.10. The number of benzene rings is 1. The van der Waals surface area contributed by atoms with Gasteiger partial charge < -0.3 is 14.6 Å². The molecule has 1 aliphatic carbocycles. The molecular weight excluding hydrogens is 298 g/mol. The van der Waals surface area contributed by atoms with Gasteiger partial charge in [-0.05, 0) is 45.2 Å². The SMILES string of the molecule is COC(=O)C(O)C1(c2ccccc2NC(=O)OC(C)(C)C)CC1. The molecule has 0 radical (unpaired) electrons. The Morgan fingerprint density at radius 3 is 2.39 bits per heavy atom. The molecule has 1 amide bonds. The van der Waals surface area contributed by atoms with Crippen molar-refractivity contribution in [3.8, 4) is 0 Å². The minimum Gasteiger partial charge on any atom is -0.467 e. The molecule has 2 N–H and O–H groups in total. The average Bonchev–Trinajstić information content (AvgIpc) is 3.25. The van der Waals surface area contributed by atoms with Gasteiger partial charge in [0.25, 0.3) is 0 Å². The van der Waals surface area contributed by atoms with E-state index in [9.17, 15) is 14.7 Å². The van der Waals surface area contributed by atoms with E-state index in [-0.39, 0.29) is 0 Å². The third kappa shape index (κ3) is 3.82. The predicted octanol–water partition coefficient (Wildman–Crippen LogP) is 2.60. The van der Waals surface area contributed by atoms with Crippen molar-refractivity contribution < 1.29 is 24.2 Å². The summed E-state index contributed by atoms with van der Waals surface area (Å²) < 4.78 is 9.90. The standard InChI is InChI=1S/C17H23NO5/c1-16(2,3)23-15(21)18-12-8-6-5-7-11(12)17(9-10-17)13(19)14(20)22-4/h5-8,13,19H,9-10H2,1-4H3,(H,18,21). The summed E-state index contributed by atoms with van der Waals surface area (Å²) in [4.78, 5) is 23.7. The first kappa shape index (κ1) is 17.3. The van der Waals surface area contributed by atoms with Gasteiger partial charge in [0.2, 0.25) is 0 Å². The molecule has 0 heterocycles. The van der Waals surface area contributed by atoms with E-state index in [1.807, 2.05) is 0 Å². The van der Waals surface area contributed by atoms with Crippen molar-refractivity contribution in [1.29, 1.82) is 0 Å². The van der Waals surface area contributed by atoms with Crippen LogP contribution in [0.4, 0.5) is 10.5 Å². The van der Waals surface area contributed by atoms with Crippen molar-refractivity contribution in [3.63, 3.8) is 0 Å². The van der Waals surface area contributed by atoms with Crippen LogP contribution >= 0.6 is 0 Å². The lowest BCUT2D eigenvalue weighted by Gasteiger charge is -2.24. The third-order valence-corrected chi connectivity index (χ3v) is 3.84. The summed E-state index contributed by atoms with van der Waals surface area (Å²) in [6.45, 7) is 5.34. The smallest absolute Gasteiger partial charge is 0.412 e. The molecule has 1 saturated carbocycles. The summed E-state index contributed by atoms with van der Waals surface area (Å²) in [6.07, 6.45) is -0.533. The van der Waals surface area contributed by atoms with Gasteiger partial charge in [-0.2, -0.15) is 0 Å². The number of aliphatic hydroxyl groups excluding tert-OH is 1. The Balaban J connectivity index is 2.25. The molecule has 0 bridgehead atoms. The molecule has 23 heavy (non-hydrogen) atoms. The number of para-hydroxylation sites is 1. The van der Waals surface area contributed by atoms with Gasteiger partial charge in [0, 0.05) is 11.1 Å². The largest absolute Gasteiger partial charge is 0.467 e. The maximum absolute atomic E-state index is 12.0. The minimum absolute atomic E-state index is 0.530. The van der Waals surface area contributed by atoms with E-state index in [2.05, 4.69) is 10.1 Å². The fraction of sp³-hybridized carbons (Fsp3) is 0.529. The van der Waals surface area contributed by atoms with E-state index >= 15 is 0 Å². The number of methoxy groups -OCH3 is 1. The molecule has 1 aromatic rings. The van der Waals surface area contributed by atoms with Gasteiger partial charge in [0.1, 0.15) is 5.60 Å². The first-order valence-electron chi connectivity index (χ1n) is 7.55. The van der Waals surface area contributed by atoms with Crippen LogP contribution in [0.5, 0.6) is 0 Å². The molecule has 6 heteroatoms. The second-order valence-electron chi connectivity index (χ2n) is 6.75. The number of nitrogens with one attached hydrogen (secondary N) is 1. The quantitative estimate of drug-likeness (QED) is 0.833. The minimum atomic E-state index is -1.26. The summed E-state index contributed by atoms with van der Waals surface area (Å²) >= 11 is 0. The van der Waals surface area contributed by atoms with Crippen molar-refractivity contribution >= 4 is 17.7 Å². The van der Waals surface area contributed by atoms with Gasteiger partial charge in [0.05, 0.1) is 7.11 Å². The Bertz CT molecular complexity index is 601. The fourth-order valence-corrected chi connectivity index (χ4v) is 2.60. The Hall–Kier alpha value is -2.08. The van der Waals surface area contributed by atoms with Gasteiger partial charge >= 0.3 is 12.1 Å². The highest BCUT2D eigenvalue weighted by molar-refractivity contribution is 5.87. The van der Waals surface area contributed by atoms with E-state index in [0.717, 1.165) is 0 Å². The van der Waals surface area contributed by atoms with E-state index in [1.165, 1.54) is 7.11 Å². The van der Waals surface area contributed by atoms with Crippen LogP contribution in [0.2, 0.25) is 0 Å². The van der Waals surface area contributed by atoms with Crippen molar-refractivity contribution in [2.45, 2.75) is 50.7 Å². The number of carbonyl (C=O) groups is 2. The van der Waals surface area contributed by atoms with Crippen LogP contribution in [0.15, 0.2) is 24.3 Å². The zero-order valence-corrected chi connectivity index (χ0v) is 13.9. The predicted molar refractivity (Wildman–Crippen MR) is 85.2 cm³/mol. The van der Waals surface area contributed by atoms with Crippen LogP contribution in [-0.2, 0) is 19.7 Å². The van der Waals surface area contributed by atoms with E-state index in [1.54, 1.807) is 45.0 Å². The number of rotatable bonds is 4. The van der Waals surface area contributed by atoms with Crippen molar-refractivity contribution in [1.82, 2.24) is 0 Å². The van der Waals surface area contributed by atoms with E-state index in [0.29, 0.717) is 24.1 Å². The first-order chi connectivity index (χ1) is 10.7. The van der Waals surface area contributed by atoms with Crippen LogP contribution in [0, 0.1) is 0 Å². The normalized spacial score (nSPS) is 17.1. The van der Waals surface area contributed by atoms with E-state index in [4.69, 9.17) is 4.74 Å². The highest BCUT2D eigenvalue weighted by Gasteiger charge is 2.55. The lowest BCUT2D eigenvalue weighted by atomic mass is 9.88. The van der Waals surface area contributed by atoms with Crippen LogP contribution in [0.1, 0.15) is 39.2 Å². The van der Waals surface area contributed by atoms with Crippen LogP contribution in [0.25, 0.3) is 0 Å². The maximum Gasteiger partial charge on any atom is 0.412 e. The Labute approximate surface area is 135 Å². The van der Waals surface area contributed by atoms with Gasteiger partial charge in [-0.15, -0.1) is 0 Å². The van der Waals surface area contributed by atoms with Crippen LogP contribution in [0.3, 0.4) is 0 Å². The summed E-state index contributed by atoms with van der Waals surface area (Å²) in [5.74, 6) is -0.672. The summed E-state index contributed by atoms with van der Waals surface area (Å²) in [7, 11) is 1.24. The number of esters is 1. The number of ether oxygens (including phenoxy) is 2. The molecule has 0 saturated heterocycles. The number of aliphatic hydroxyl groups is 1. The highest BCUT2D eigenvalue weighted by atomic mass is 16.6. The molecule has 0 aliphatic heterocycles. The average molecular weight is 321 g/mol. The second kappa shape index (κ2) is 6.20. The Morgan fingerprint density at radius 1 is 1.26 bits per heavy atom. The molecule has 0 spiro atoms. The topological polar surface area (TPSA) is 84.9 Å². The zero-order chi connectivity index (χ0) is 17.3. The van der Waals surface area contributed by atoms with Crippen LogP contribution in [-0.4, -0.2) is 36.0 Å². The van der Waals surface area contributed by atoms with Crippen LogP contribution < -0.4 is 5.32 Å².